The molecule has 1 aliphatic heterocycles. The summed E-state index contributed by atoms with van der Waals surface area (Å²) in [6.45, 7) is 5.13. The first kappa shape index (κ1) is 12.8. The van der Waals surface area contributed by atoms with Gasteiger partial charge in [-0.3, -0.25) is 4.79 Å². The van der Waals surface area contributed by atoms with Crippen molar-refractivity contribution in [3.8, 4) is 0 Å². The van der Waals surface area contributed by atoms with E-state index in [2.05, 4.69) is 0 Å². The van der Waals surface area contributed by atoms with Crippen LogP contribution in [0.4, 0.5) is 0 Å². The standard InChI is InChI=1S/C11H20ClNO2/c1-3-10(12)11(15)13-6-4-5-9(7-13)8(2)14/h8-10,14H,3-7H2,1-2H3/t8-,9+,10-/m0/s1. The molecule has 1 heterocycles. The van der Waals surface area contributed by atoms with Gasteiger partial charge >= 0.3 is 0 Å². The molecule has 0 aromatic heterocycles. The van der Waals surface area contributed by atoms with E-state index in [1.165, 1.54) is 0 Å². The Bertz CT molecular complexity index is 221. The molecule has 3 nitrogen and oxygen atoms in total. The van der Waals surface area contributed by atoms with Gasteiger partial charge in [-0.15, -0.1) is 11.6 Å². The molecule has 0 aliphatic carbocycles. The third-order valence-corrected chi connectivity index (χ3v) is 3.57. The summed E-state index contributed by atoms with van der Waals surface area (Å²) >= 11 is 5.92. The third kappa shape index (κ3) is 3.35. The molecule has 1 aliphatic rings. The number of carbonyl (C=O) groups excluding carboxylic acids is 1. The van der Waals surface area contributed by atoms with E-state index in [0.29, 0.717) is 13.0 Å². The smallest absolute Gasteiger partial charge is 0.240 e. The number of aliphatic hydroxyl groups is 1. The van der Waals surface area contributed by atoms with Crippen LogP contribution in [0.25, 0.3) is 0 Å². The first-order chi connectivity index (χ1) is 7.06. The molecule has 1 amide bonds. The van der Waals surface area contributed by atoms with Crippen LogP contribution in [0.15, 0.2) is 0 Å². The zero-order valence-electron chi connectivity index (χ0n) is 9.45. The fourth-order valence-corrected chi connectivity index (χ4v) is 2.11. The Morgan fingerprint density at radius 3 is 2.87 bits per heavy atom. The molecule has 0 saturated carbocycles. The predicted octanol–water partition coefficient (Wildman–Crippen LogP) is 1.62. The van der Waals surface area contributed by atoms with Crippen LogP contribution >= 0.6 is 11.6 Å². The van der Waals surface area contributed by atoms with Crippen molar-refractivity contribution in [3.63, 3.8) is 0 Å². The SMILES string of the molecule is CC[C@H](Cl)C(=O)N1CCC[C@@H]([C@H](C)O)C1. The Balaban J connectivity index is 2.52. The van der Waals surface area contributed by atoms with Gasteiger partial charge in [0.1, 0.15) is 5.38 Å². The average Bonchev–Trinajstić information content (AvgIpc) is 2.27. The van der Waals surface area contributed by atoms with Crippen LogP contribution in [-0.4, -0.2) is 40.5 Å². The molecule has 88 valence electrons. The normalized spacial score (nSPS) is 26.1. The van der Waals surface area contributed by atoms with Gasteiger partial charge in [-0.2, -0.15) is 0 Å². The fraction of sp³-hybridized carbons (Fsp3) is 0.909. The van der Waals surface area contributed by atoms with Gasteiger partial charge in [-0.25, -0.2) is 0 Å². The summed E-state index contributed by atoms with van der Waals surface area (Å²) in [6, 6.07) is 0. The lowest BCUT2D eigenvalue weighted by molar-refractivity contribution is -0.133. The van der Waals surface area contributed by atoms with E-state index >= 15 is 0 Å². The predicted molar refractivity (Wildman–Crippen MR) is 60.9 cm³/mol. The number of halogens is 1. The molecule has 0 bridgehead atoms. The van der Waals surface area contributed by atoms with E-state index in [9.17, 15) is 9.90 Å². The van der Waals surface area contributed by atoms with Gasteiger partial charge in [0.15, 0.2) is 0 Å². The minimum absolute atomic E-state index is 0.0181. The van der Waals surface area contributed by atoms with Crippen molar-refractivity contribution >= 4 is 17.5 Å². The summed E-state index contributed by atoms with van der Waals surface area (Å²) in [6.07, 6.45) is 2.29. The second-order valence-electron chi connectivity index (χ2n) is 4.30. The van der Waals surface area contributed by atoms with Crippen molar-refractivity contribution in [2.24, 2.45) is 5.92 Å². The van der Waals surface area contributed by atoms with Gasteiger partial charge in [-0.1, -0.05) is 6.92 Å². The van der Waals surface area contributed by atoms with Gasteiger partial charge in [0, 0.05) is 19.0 Å². The number of carbonyl (C=O) groups is 1. The second kappa shape index (κ2) is 5.71. The number of alkyl halides is 1. The zero-order chi connectivity index (χ0) is 11.4. The molecule has 1 saturated heterocycles. The highest BCUT2D eigenvalue weighted by Crippen LogP contribution is 2.21. The molecular weight excluding hydrogens is 214 g/mol. The molecule has 1 N–H and O–H groups in total. The van der Waals surface area contributed by atoms with E-state index in [1.807, 2.05) is 6.92 Å². The lowest BCUT2D eigenvalue weighted by Crippen LogP contribution is -2.45. The van der Waals surface area contributed by atoms with Gasteiger partial charge in [0.25, 0.3) is 0 Å². The van der Waals surface area contributed by atoms with Crippen LogP contribution in [0.1, 0.15) is 33.1 Å². The monoisotopic (exact) mass is 233 g/mol. The van der Waals surface area contributed by atoms with Crippen LogP contribution in [0.3, 0.4) is 0 Å². The third-order valence-electron chi connectivity index (χ3n) is 3.08. The molecule has 3 atom stereocenters. The number of likely N-dealkylation sites (tertiary alicyclic amines) is 1. The van der Waals surface area contributed by atoms with Crippen molar-refractivity contribution in [1.29, 1.82) is 0 Å². The molecule has 4 heteroatoms. The first-order valence-corrected chi connectivity index (χ1v) is 6.10. The number of amides is 1. The Morgan fingerprint density at radius 2 is 2.33 bits per heavy atom. The maximum atomic E-state index is 11.8. The van der Waals surface area contributed by atoms with Gasteiger partial charge in [-0.05, 0) is 26.2 Å². The van der Waals surface area contributed by atoms with Gasteiger partial charge in [0.2, 0.25) is 5.91 Å². The van der Waals surface area contributed by atoms with Crippen molar-refractivity contribution in [1.82, 2.24) is 4.90 Å². The molecule has 0 spiro atoms. The van der Waals surface area contributed by atoms with E-state index in [4.69, 9.17) is 11.6 Å². The Morgan fingerprint density at radius 1 is 1.67 bits per heavy atom. The first-order valence-electron chi connectivity index (χ1n) is 5.67. The number of rotatable bonds is 3. The van der Waals surface area contributed by atoms with E-state index in [0.717, 1.165) is 19.4 Å². The Labute approximate surface area is 96.4 Å². The van der Waals surface area contributed by atoms with Crippen molar-refractivity contribution in [3.05, 3.63) is 0 Å². The largest absolute Gasteiger partial charge is 0.393 e. The summed E-state index contributed by atoms with van der Waals surface area (Å²) in [5.74, 6) is 0.230. The van der Waals surface area contributed by atoms with Gasteiger partial charge in [0.05, 0.1) is 6.10 Å². The molecular formula is C11H20ClNO2. The second-order valence-corrected chi connectivity index (χ2v) is 4.83. The Kier molecular flexibility index (Phi) is 4.87. The van der Waals surface area contributed by atoms with E-state index < -0.39 is 5.38 Å². The fourth-order valence-electron chi connectivity index (χ4n) is 1.98. The minimum Gasteiger partial charge on any atom is -0.393 e. The number of nitrogens with zero attached hydrogens (tertiary/aromatic N) is 1. The summed E-state index contributed by atoms with van der Waals surface area (Å²) < 4.78 is 0. The highest BCUT2D eigenvalue weighted by atomic mass is 35.5. The van der Waals surface area contributed by atoms with Crippen LogP contribution in [0.2, 0.25) is 0 Å². The highest BCUT2D eigenvalue weighted by molar-refractivity contribution is 6.30. The highest BCUT2D eigenvalue weighted by Gasteiger charge is 2.28. The van der Waals surface area contributed by atoms with Crippen LogP contribution < -0.4 is 0 Å². The zero-order valence-corrected chi connectivity index (χ0v) is 10.2. The number of piperidine rings is 1. The van der Waals surface area contributed by atoms with Crippen molar-refractivity contribution in [2.45, 2.75) is 44.6 Å². The van der Waals surface area contributed by atoms with Crippen molar-refractivity contribution in [2.75, 3.05) is 13.1 Å². The molecule has 15 heavy (non-hydrogen) atoms. The number of hydrogen-bond acceptors (Lipinski definition) is 2. The van der Waals surface area contributed by atoms with Crippen molar-refractivity contribution < 1.29 is 9.90 Å². The van der Waals surface area contributed by atoms with Gasteiger partial charge < -0.3 is 10.0 Å². The lowest BCUT2D eigenvalue weighted by atomic mass is 9.93. The maximum Gasteiger partial charge on any atom is 0.240 e. The molecule has 0 aromatic carbocycles. The Hall–Kier alpha value is -0.280. The molecule has 0 radical (unpaired) electrons. The molecule has 0 unspecified atom stereocenters. The molecule has 1 rings (SSSR count). The number of hydrogen-bond donors (Lipinski definition) is 1. The van der Waals surface area contributed by atoms with Crippen LogP contribution in [0, 0.1) is 5.92 Å². The number of aliphatic hydroxyl groups excluding tert-OH is 1. The van der Waals surface area contributed by atoms with E-state index in [1.54, 1.807) is 11.8 Å². The van der Waals surface area contributed by atoms with Crippen LogP contribution in [-0.2, 0) is 4.79 Å². The molecule has 0 aromatic rings. The quantitative estimate of drug-likeness (QED) is 0.753. The van der Waals surface area contributed by atoms with Crippen LogP contribution in [0.5, 0.6) is 0 Å². The average molecular weight is 234 g/mol. The topological polar surface area (TPSA) is 40.5 Å². The van der Waals surface area contributed by atoms with E-state index in [-0.39, 0.29) is 17.9 Å². The summed E-state index contributed by atoms with van der Waals surface area (Å²) in [7, 11) is 0. The molecule has 1 fully saturated rings. The minimum atomic E-state index is -0.405. The summed E-state index contributed by atoms with van der Waals surface area (Å²) in [4.78, 5) is 13.6. The summed E-state index contributed by atoms with van der Waals surface area (Å²) in [5.41, 5.74) is 0. The summed E-state index contributed by atoms with van der Waals surface area (Å²) in [5, 5.41) is 9.10. The maximum absolute atomic E-state index is 11.8. The lowest BCUT2D eigenvalue weighted by Gasteiger charge is -2.35.